The molecule has 1 unspecified atom stereocenters. The van der Waals surface area contributed by atoms with Crippen LogP contribution in [-0.4, -0.2) is 26.9 Å². The Labute approximate surface area is 118 Å². The zero-order chi connectivity index (χ0) is 14.5. The number of hydrogen-bond donors (Lipinski definition) is 2. The van der Waals surface area contributed by atoms with Gasteiger partial charge in [0.1, 0.15) is 10.3 Å². The summed E-state index contributed by atoms with van der Waals surface area (Å²) >= 11 is 1.13. The quantitative estimate of drug-likeness (QED) is 0.803. The van der Waals surface area contributed by atoms with Crippen LogP contribution in [0.5, 0.6) is 0 Å². The Balaban J connectivity index is 2.82. The van der Waals surface area contributed by atoms with Crippen molar-refractivity contribution in [2.45, 2.75) is 37.4 Å². The average Bonchev–Trinajstić information content (AvgIpc) is 2.87. The van der Waals surface area contributed by atoms with Gasteiger partial charge in [-0.15, -0.1) is 11.3 Å². The largest absolute Gasteiger partial charge is 0.355 e. The molecule has 0 radical (unpaired) electrons. The standard InChI is InChI=1S/C12H20N2O3S2/c1-4-7-13-12(15)11(9(2)3)14-19(16,17)10-6-5-8-18-10/h5-6,8-9,11,14H,4,7H2,1-3H3,(H,13,15). The summed E-state index contributed by atoms with van der Waals surface area (Å²) in [6.45, 7) is 6.11. The first-order chi connectivity index (χ1) is 8.88. The maximum absolute atomic E-state index is 12.1. The number of hydrogen-bond acceptors (Lipinski definition) is 4. The molecule has 1 rings (SSSR count). The van der Waals surface area contributed by atoms with E-state index < -0.39 is 16.1 Å². The molecule has 108 valence electrons. The summed E-state index contributed by atoms with van der Waals surface area (Å²) in [6, 6.07) is 2.44. The molecule has 1 aromatic rings. The summed E-state index contributed by atoms with van der Waals surface area (Å²) in [5.74, 6) is -0.399. The molecule has 1 aromatic heterocycles. The van der Waals surface area contributed by atoms with E-state index in [0.29, 0.717) is 6.54 Å². The van der Waals surface area contributed by atoms with Crippen molar-refractivity contribution in [2.75, 3.05) is 6.54 Å². The molecular formula is C12H20N2O3S2. The molecule has 2 N–H and O–H groups in total. The lowest BCUT2D eigenvalue weighted by Crippen LogP contribution is -2.49. The smallest absolute Gasteiger partial charge is 0.250 e. The van der Waals surface area contributed by atoms with Crippen LogP contribution in [0.3, 0.4) is 0 Å². The van der Waals surface area contributed by atoms with Crippen molar-refractivity contribution in [1.82, 2.24) is 10.0 Å². The minimum Gasteiger partial charge on any atom is -0.355 e. The van der Waals surface area contributed by atoms with E-state index in [1.807, 2.05) is 20.8 Å². The second kappa shape index (κ2) is 7.02. The third-order valence-electron chi connectivity index (χ3n) is 2.54. The Morgan fingerprint density at radius 3 is 2.58 bits per heavy atom. The Bertz CT molecular complexity index is 495. The maximum atomic E-state index is 12.1. The molecule has 1 atom stereocenters. The van der Waals surface area contributed by atoms with Gasteiger partial charge in [0.05, 0.1) is 0 Å². The number of thiophene rings is 1. The summed E-state index contributed by atoms with van der Waals surface area (Å²) in [4.78, 5) is 12.0. The van der Waals surface area contributed by atoms with Crippen molar-refractivity contribution in [3.63, 3.8) is 0 Å². The molecule has 0 fully saturated rings. The fourth-order valence-electron chi connectivity index (χ4n) is 1.49. The minimum absolute atomic E-state index is 0.119. The summed E-state index contributed by atoms with van der Waals surface area (Å²) < 4.78 is 26.9. The Morgan fingerprint density at radius 1 is 1.42 bits per heavy atom. The van der Waals surface area contributed by atoms with E-state index in [9.17, 15) is 13.2 Å². The highest BCUT2D eigenvalue weighted by Crippen LogP contribution is 2.17. The normalized spacial score (nSPS) is 13.5. The lowest BCUT2D eigenvalue weighted by molar-refractivity contribution is -0.123. The SMILES string of the molecule is CCCNC(=O)C(NS(=O)(=O)c1cccs1)C(C)C. The Morgan fingerprint density at radius 2 is 2.11 bits per heavy atom. The summed E-state index contributed by atoms with van der Waals surface area (Å²) in [7, 11) is -3.62. The number of nitrogens with one attached hydrogen (secondary N) is 2. The van der Waals surface area contributed by atoms with Gasteiger partial charge in [-0.05, 0) is 23.8 Å². The van der Waals surface area contributed by atoms with Crippen LogP contribution in [0.4, 0.5) is 0 Å². The van der Waals surface area contributed by atoms with E-state index in [0.717, 1.165) is 17.8 Å². The van der Waals surface area contributed by atoms with Crippen LogP contribution < -0.4 is 10.0 Å². The van der Waals surface area contributed by atoms with Gasteiger partial charge in [-0.1, -0.05) is 26.8 Å². The van der Waals surface area contributed by atoms with Gasteiger partial charge in [0, 0.05) is 6.54 Å². The highest BCUT2D eigenvalue weighted by molar-refractivity contribution is 7.91. The number of amides is 1. The fraction of sp³-hybridized carbons (Fsp3) is 0.583. The summed E-state index contributed by atoms with van der Waals surface area (Å²) in [5.41, 5.74) is 0. The van der Waals surface area contributed by atoms with Crippen LogP contribution in [0.2, 0.25) is 0 Å². The van der Waals surface area contributed by atoms with Gasteiger partial charge >= 0.3 is 0 Å². The molecule has 0 saturated heterocycles. The number of rotatable bonds is 7. The molecule has 0 bridgehead atoms. The molecule has 0 spiro atoms. The molecule has 19 heavy (non-hydrogen) atoms. The number of sulfonamides is 1. The average molecular weight is 304 g/mol. The predicted octanol–water partition coefficient (Wildman–Crippen LogP) is 1.58. The van der Waals surface area contributed by atoms with Crippen LogP contribution in [0, 0.1) is 5.92 Å². The minimum atomic E-state index is -3.62. The molecule has 0 aliphatic heterocycles. The van der Waals surface area contributed by atoms with E-state index in [4.69, 9.17) is 0 Å². The topological polar surface area (TPSA) is 75.3 Å². The van der Waals surface area contributed by atoms with Crippen molar-refractivity contribution in [1.29, 1.82) is 0 Å². The van der Waals surface area contributed by atoms with Gasteiger partial charge in [-0.2, -0.15) is 4.72 Å². The molecule has 0 aromatic carbocycles. The second-order valence-electron chi connectivity index (χ2n) is 4.57. The van der Waals surface area contributed by atoms with E-state index in [1.54, 1.807) is 11.4 Å². The van der Waals surface area contributed by atoms with Gasteiger partial charge in [0.15, 0.2) is 0 Å². The molecule has 0 aliphatic carbocycles. The predicted molar refractivity (Wildman–Crippen MR) is 76.6 cm³/mol. The van der Waals surface area contributed by atoms with Crippen molar-refractivity contribution in [3.8, 4) is 0 Å². The molecular weight excluding hydrogens is 284 g/mol. The van der Waals surface area contributed by atoms with Crippen LogP contribution in [0.15, 0.2) is 21.7 Å². The number of carbonyl (C=O) groups is 1. The monoisotopic (exact) mass is 304 g/mol. The van der Waals surface area contributed by atoms with Crippen LogP contribution in [0.25, 0.3) is 0 Å². The first-order valence-electron chi connectivity index (χ1n) is 6.22. The highest BCUT2D eigenvalue weighted by atomic mass is 32.2. The zero-order valence-corrected chi connectivity index (χ0v) is 13.0. The molecule has 0 aliphatic rings. The molecule has 1 heterocycles. The maximum Gasteiger partial charge on any atom is 0.250 e. The van der Waals surface area contributed by atoms with Crippen LogP contribution in [-0.2, 0) is 14.8 Å². The van der Waals surface area contributed by atoms with E-state index in [2.05, 4.69) is 10.0 Å². The van der Waals surface area contributed by atoms with Crippen molar-refractivity contribution in [2.24, 2.45) is 5.92 Å². The summed E-state index contributed by atoms with van der Waals surface area (Å²) in [5, 5.41) is 4.41. The van der Waals surface area contributed by atoms with Gasteiger partial charge in [0.25, 0.3) is 10.0 Å². The molecule has 0 saturated carbocycles. The molecule has 5 nitrogen and oxygen atoms in total. The van der Waals surface area contributed by atoms with Crippen LogP contribution >= 0.6 is 11.3 Å². The molecule has 7 heteroatoms. The Kier molecular flexibility index (Phi) is 5.96. The third-order valence-corrected chi connectivity index (χ3v) is 5.38. The lowest BCUT2D eigenvalue weighted by Gasteiger charge is -2.21. The van der Waals surface area contributed by atoms with Gasteiger partial charge in [-0.25, -0.2) is 8.42 Å². The van der Waals surface area contributed by atoms with E-state index >= 15 is 0 Å². The molecule has 1 amide bonds. The highest BCUT2D eigenvalue weighted by Gasteiger charge is 2.28. The van der Waals surface area contributed by atoms with Crippen molar-refractivity contribution in [3.05, 3.63) is 17.5 Å². The summed E-state index contributed by atoms with van der Waals surface area (Å²) in [6.07, 6.45) is 0.814. The van der Waals surface area contributed by atoms with Crippen LogP contribution in [0.1, 0.15) is 27.2 Å². The van der Waals surface area contributed by atoms with Gasteiger partial charge in [-0.3, -0.25) is 4.79 Å². The number of carbonyl (C=O) groups excluding carboxylic acids is 1. The zero-order valence-electron chi connectivity index (χ0n) is 11.3. The lowest BCUT2D eigenvalue weighted by atomic mass is 10.1. The van der Waals surface area contributed by atoms with Crippen molar-refractivity contribution >= 4 is 27.3 Å². The second-order valence-corrected chi connectivity index (χ2v) is 7.45. The fourth-order valence-corrected chi connectivity index (χ4v) is 3.85. The van der Waals surface area contributed by atoms with Gasteiger partial charge < -0.3 is 5.32 Å². The first-order valence-corrected chi connectivity index (χ1v) is 8.58. The first kappa shape index (κ1) is 16.1. The van der Waals surface area contributed by atoms with E-state index in [1.165, 1.54) is 6.07 Å². The third kappa shape index (κ3) is 4.59. The van der Waals surface area contributed by atoms with E-state index in [-0.39, 0.29) is 16.0 Å². The van der Waals surface area contributed by atoms with Gasteiger partial charge in [0.2, 0.25) is 5.91 Å². The Hall–Kier alpha value is -0.920. The van der Waals surface area contributed by atoms with Crippen molar-refractivity contribution < 1.29 is 13.2 Å².